The molecule has 1 unspecified atom stereocenters. The van der Waals surface area contributed by atoms with Crippen molar-refractivity contribution in [1.29, 1.82) is 0 Å². The van der Waals surface area contributed by atoms with Gasteiger partial charge in [0.15, 0.2) is 5.96 Å². The van der Waals surface area contributed by atoms with Gasteiger partial charge < -0.3 is 20.3 Å². The largest absolute Gasteiger partial charge is 0.383 e. The molecule has 1 aromatic carbocycles. The van der Waals surface area contributed by atoms with Gasteiger partial charge in [-0.2, -0.15) is 4.98 Å². The second-order valence-corrected chi connectivity index (χ2v) is 5.16. The number of aliphatic imine (C=N–C) groups is 1. The Balaban J connectivity index is 1.96. The third-order valence-electron chi connectivity index (χ3n) is 2.77. The Kier molecular flexibility index (Phi) is 5.74. The molecule has 8 heteroatoms. The van der Waals surface area contributed by atoms with Gasteiger partial charge in [0.2, 0.25) is 11.7 Å². The van der Waals surface area contributed by atoms with Crippen molar-refractivity contribution in [2.75, 3.05) is 13.7 Å². The van der Waals surface area contributed by atoms with Gasteiger partial charge in [-0.3, -0.25) is 0 Å². The molecule has 0 spiro atoms. The predicted octanol–water partition coefficient (Wildman–Crippen LogP) is 1.83. The predicted molar refractivity (Wildman–Crippen MR) is 84.5 cm³/mol. The molecule has 0 aliphatic rings. The van der Waals surface area contributed by atoms with Crippen LogP contribution in [0.5, 0.6) is 0 Å². The van der Waals surface area contributed by atoms with Crippen LogP contribution < -0.4 is 11.1 Å². The number of nitrogens with zero attached hydrogens (tertiary/aromatic N) is 3. The normalized spacial score (nSPS) is 13.1. The Bertz CT molecular complexity index is 626. The minimum atomic E-state index is 0.0704. The summed E-state index contributed by atoms with van der Waals surface area (Å²) in [5, 5.41) is 7.55. The number of rotatable bonds is 6. The van der Waals surface area contributed by atoms with Crippen molar-refractivity contribution in [3.05, 3.63) is 35.2 Å². The number of guanidine groups is 1. The summed E-state index contributed by atoms with van der Waals surface area (Å²) >= 11 is 5.84. The molecule has 2 aromatic rings. The minimum absolute atomic E-state index is 0.0704. The molecule has 0 aliphatic heterocycles. The van der Waals surface area contributed by atoms with Crippen LogP contribution in [0.2, 0.25) is 5.02 Å². The fourth-order valence-corrected chi connectivity index (χ4v) is 1.90. The second kappa shape index (κ2) is 7.77. The number of methoxy groups -OCH3 is 1. The Morgan fingerprint density at radius 2 is 2.18 bits per heavy atom. The first kappa shape index (κ1) is 16.3. The van der Waals surface area contributed by atoms with E-state index in [4.69, 9.17) is 26.6 Å². The summed E-state index contributed by atoms with van der Waals surface area (Å²) in [5.41, 5.74) is 6.59. The quantitative estimate of drug-likeness (QED) is 0.621. The van der Waals surface area contributed by atoms with E-state index in [0.717, 1.165) is 5.56 Å². The van der Waals surface area contributed by atoms with E-state index in [9.17, 15) is 0 Å². The Hall–Kier alpha value is -2.12. The van der Waals surface area contributed by atoms with Crippen molar-refractivity contribution in [1.82, 2.24) is 15.5 Å². The highest BCUT2D eigenvalue weighted by molar-refractivity contribution is 6.30. The van der Waals surface area contributed by atoms with E-state index in [0.29, 0.717) is 29.3 Å². The highest BCUT2D eigenvalue weighted by Crippen LogP contribution is 2.18. The first-order chi connectivity index (χ1) is 10.6. The summed E-state index contributed by atoms with van der Waals surface area (Å²) in [6, 6.07) is 7.25. The van der Waals surface area contributed by atoms with Gasteiger partial charge >= 0.3 is 0 Å². The molecule has 1 heterocycles. The van der Waals surface area contributed by atoms with Crippen LogP contribution in [-0.4, -0.2) is 35.9 Å². The summed E-state index contributed by atoms with van der Waals surface area (Å²) in [6.07, 6.45) is 0. The summed E-state index contributed by atoms with van der Waals surface area (Å²) < 4.78 is 10.1. The van der Waals surface area contributed by atoms with E-state index >= 15 is 0 Å². The number of hydrogen-bond donors (Lipinski definition) is 2. The fraction of sp³-hybridized carbons (Fsp3) is 0.357. The summed E-state index contributed by atoms with van der Waals surface area (Å²) in [7, 11) is 1.63. The molecule has 3 N–H and O–H groups in total. The zero-order valence-electron chi connectivity index (χ0n) is 12.4. The van der Waals surface area contributed by atoms with Crippen LogP contribution in [0.4, 0.5) is 0 Å². The van der Waals surface area contributed by atoms with Gasteiger partial charge in [-0.1, -0.05) is 16.8 Å². The van der Waals surface area contributed by atoms with Crippen molar-refractivity contribution >= 4 is 17.6 Å². The standard InChI is InChI=1S/C14H18ClN5O2/c1-9(8-21-2)18-14(16)17-7-12-19-13(20-22-12)10-3-5-11(15)6-4-10/h3-6,9H,7-8H2,1-2H3,(H3,16,17,18). The zero-order chi connectivity index (χ0) is 15.9. The summed E-state index contributed by atoms with van der Waals surface area (Å²) in [5.74, 6) is 1.17. The number of ether oxygens (including phenoxy) is 1. The topological polar surface area (TPSA) is 98.6 Å². The van der Waals surface area contributed by atoms with Crippen molar-refractivity contribution in [2.45, 2.75) is 19.5 Å². The van der Waals surface area contributed by atoms with Crippen molar-refractivity contribution in [3.63, 3.8) is 0 Å². The third kappa shape index (κ3) is 4.71. The number of hydrogen-bond acceptors (Lipinski definition) is 5. The van der Waals surface area contributed by atoms with Crippen LogP contribution in [0.3, 0.4) is 0 Å². The van der Waals surface area contributed by atoms with Gasteiger partial charge in [0, 0.05) is 23.7 Å². The smallest absolute Gasteiger partial charge is 0.248 e. The molecule has 22 heavy (non-hydrogen) atoms. The molecule has 0 saturated carbocycles. The average Bonchev–Trinajstić information content (AvgIpc) is 2.95. The highest BCUT2D eigenvalue weighted by atomic mass is 35.5. The monoisotopic (exact) mass is 323 g/mol. The molecule has 0 amide bonds. The molecular weight excluding hydrogens is 306 g/mol. The number of benzene rings is 1. The fourth-order valence-electron chi connectivity index (χ4n) is 1.78. The Morgan fingerprint density at radius 3 is 2.86 bits per heavy atom. The minimum Gasteiger partial charge on any atom is -0.383 e. The molecule has 1 aromatic heterocycles. The average molecular weight is 324 g/mol. The van der Waals surface area contributed by atoms with E-state index in [1.165, 1.54) is 0 Å². The van der Waals surface area contributed by atoms with Crippen molar-refractivity contribution < 1.29 is 9.26 Å². The maximum atomic E-state index is 5.84. The summed E-state index contributed by atoms with van der Waals surface area (Å²) in [6.45, 7) is 2.69. The number of aromatic nitrogens is 2. The maximum absolute atomic E-state index is 5.84. The lowest BCUT2D eigenvalue weighted by molar-refractivity contribution is 0.179. The summed E-state index contributed by atoms with van der Waals surface area (Å²) in [4.78, 5) is 8.41. The maximum Gasteiger partial charge on any atom is 0.248 e. The molecule has 0 bridgehead atoms. The van der Waals surface area contributed by atoms with Gasteiger partial charge in [0.05, 0.1) is 6.61 Å². The van der Waals surface area contributed by atoms with E-state index < -0.39 is 0 Å². The van der Waals surface area contributed by atoms with E-state index in [1.54, 1.807) is 19.2 Å². The Morgan fingerprint density at radius 1 is 1.45 bits per heavy atom. The number of nitrogens with two attached hydrogens (primary N) is 1. The van der Waals surface area contributed by atoms with Crippen LogP contribution in [0, 0.1) is 0 Å². The highest BCUT2D eigenvalue weighted by Gasteiger charge is 2.08. The molecule has 2 rings (SSSR count). The van der Waals surface area contributed by atoms with Gasteiger partial charge in [0.25, 0.3) is 0 Å². The van der Waals surface area contributed by atoms with Crippen LogP contribution >= 0.6 is 11.6 Å². The molecular formula is C14H18ClN5O2. The first-order valence-corrected chi connectivity index (χ1v) is 7.10. The zero-order valence-corrected chi connectivity index (χ0v) is 13.2. The van der Waals surface area contributed by atoms with Gasteiger partial charge in [-0.05, 0) is 31.2 Å². The number of nitrogens with one attached hydrogen (secondary N) is 1. The van der Waals surface area contributed by atoms with Gasteiger partial charge in [0.1, 0.15) is 6.54 Å². The SMILES string of the molecule is COCC(C)NC(N)=NCc1nc(-c2ccc(Cl)cc2)no1. The Labute approximate surface area is 133 Å². The van der Waals surface area contributed by atoms with Crippen LogP contribution in [0.15, 0.2) is 33.8 Å². The molecule has 0 saturated heterocycles. The first-order valence-electron chi connectivity index (χ1n) is 6.72. The van der Waals surface area contributed by atoms with Crippen LogP contribution in [0.1, 0.15) is 12.8 Å². The van der Waals surface area contributed by atoms with E-state index in [2.05, 4.69) is 20.4 Å². The lowest BCUT2D eigenvalue weighted by atomic mass is 10.2. The van der Waals surface area contributed by atoms with Gasteiger partial charge in [-0.25, -0.2) is 4.99 Å². The molecule has 7 nitrogen and oxygen atoms in total. The second-order valence-electron chi connectivity index (χ2n) is 4.72. The van der Waals surface area contributed by atoms with E-state index in [1.807, 2.05) is 19.1 Å². The van der Waals surface area contributed by atoms with Crippen LogP contribution in [0.25, 0.3) is 11.4 Å². The lowest BCUT2D eigenvalue weighted by Gasteiger charge is -2.12. The third-order valence-corrected chi connectivity index (χ3v) is 3.02. The lowest BCUT2D eigenvalue weighted by Crippen LogP contribution is -2.40. The molecule has 0 radical (unpaired) electrons. The number of halogens is 1. The van der Waals surface area contributed by atoms with E-state index in [-0.39, 0.29) is 12.6 Å². The molecule has 118 valence electrons. The molecule has 1 atom stereocenters. The van der Waals surface area contributed by atoms with Crippen molar-refractivity contribution in [3.8, 4) is 11.4 Å². The van der Waals surface area contributed by atoms with Crippen molar-refractivity contribution in [2.24, 2.45) is 10.7 Å². The molecule has 0 fully saturated rings. The van der Waals surface area contributed by atoms with Crippen LogP contribution in [-0.2, 0) is 11.3 Å². The molecule has 0 aliphatic carbocycles. The van der Waals surface area contributed by atoms with Gasteiger partial charge in [-0.15, -0.1) is 0 Å².